The van der Waals surface area contributed by atoms with Gasteiger partial charge in [0.15, 0.2) is 0 Å². The predicted octanol–water partition coefficient (Wildman–Crippen LogP) is 2.17. The van der Waals surface area contributed by atoms with Crippen LogP contribution in [0.1, 0.15) is 38.8 Å². The van der Waals surface area contributed by atoms with Crippen LogP contribution in [0, 0.1) is 0 Å². The minimum absolute atomic E-state index is 0.0105. The Kier molecular flexibility index (Phi) is 5.89. The van der Waals surface area contributed by atoms with E-state index in [1.807, 2.05) is 23.6 Å². The number of hydrogen-bond acceptors (Lipinski definition) is 6. The highest BCUT2D eigenvalue weighted by Crippen LogP contribution is 2.35. The largest absolute Gasteiger partial charge is 0.433 e. The number of hydrogen-bond donors (Lipinski definition) is 0. The molecule has 166 valence electrons. The third-order valence-corrected chi connectivity index (χ3v) is 5.88. The first-order valence-electron chi connectivity index (χ1n) is 10.5. The van der Waals surface area contributed by atoms with E-state index in [-0.39, 0.29) is 36.1 Å². The Balaban J connectivity index is 1.40. The number of carbonyl (C=O) groups excluding carboxylic acids is 1. The fourth-order valence-electron chi connectivity index (χ4n) is 4.46. The maximum Gasteiger partial charge on any atom is 0.433 e. The molecule has 7 nitrogen and oxygen atoms in total. The Morgan fingerprint density at radius 1 is 1.17 bits per heavy atom. The van der Waals surface area contributed by atoms with Crippen LogP contribution in [-0.2, 0) is 15.7 Å². The van der Waals surface area contributed by atoms with Crippen LogP contribution in [0.5, 0.6) is 0 Å². The minimum Gasteiger partial charge on any atom is -0.372 e. The number of anilines is 1. The monoisotopic (exact) mass is 427 g/mol. The third-order valence-electron chi connectivity index (χ3n) is 5.88. The van der Waals surface area contributed by atoms with Crippen LogP contribution in [0.2, 0.25) is 0 Å². The van der Waals surface area contributed by atoms with Crippen LogP contribution >= 0.6 is 0 Å². The number of likely N-dealkylation sites (tertiary alicyclic amines) is 1. The highest BCUT2D eigenvalue weighted by Gasteiger charge is 2.41. The fourth-order valence-corrected chi connectivity index (χ4v) is 4.46. The minimum atomic E-state index is -4.49. The molecule has 1 aliphatic carbocycles. The van der Waals surface area contributed by atoms with Crippen molar-refractivity contribution < 1.29 is 22.7 Å². The molecular weight excluding hydrogens is 399 g/mol. The third kappa shape index (κ3) is 4.85. The van der Waals surface area contributed by atoms with Crippen LogP contribution in [0.15, 0.2) is 12.3 Å². The number of nitrogens with zero attached hydrogens (tertiary/aromatic N) is 5. The number of rotatable bonds is 5. The standard InChI is InChI=1S/C20H28F3N5O2/c1-13-9-27(10-14(2)30-13)18(29)12-26-8-6-16(11-26)28(15-3-4-15)19-24-7-5-17(25-19)20(21,22)23/h5,7,13-16H,3-4,6,8-12H2,1-2H3. The van der Waals surface area contributed by atoms with Gasteiger partial charge in [0.25, 0.3) is 0 Å². The van der Waals surface area contributed by atoms with Gasteiger partial charge in [-0.15, -0.1) is 0 Å². The van der Waals surface area contributed by atoms with Gasteiger partial charge in [0.05, 0.1) is 18.8 Å². The molecule has 1 aromatic heterocycles. The number of aromatic nitrogens is 2. The number of morpholine rings is 1. The Morgan fingerprint density at radius 3 is 2.50 bits per heavy atom. The van der Waals surface area contributed by atoms with Crippen molar-refractivity contribution in [3.8, 4) is 0 Å². The topological polar surface area (TPSA) is 61.8 Å². The second-order valence-corrected chi connectivity index (χ2v) is 8.61. The van der Waals surface area contributed by atoms with E-state index in [4.69, 9.17) is 4.74 Å². The summed E-state index contributed by atoms with van der Waals surface area (Å²) in [5.74, 6) is 0.215. The number of halogens is 3. The maximum absolute atomic E-state index is 13.1. The molecule has 1 amide bonds. The molecule has 0 spiro atoms. The lowest BCUT2D eigenvalue weighted by molar-refractivity contribution is -0.144. The lowest BCUT2D eigenvalue weighted by Gasteiger charge is -2.36. The highest BCUT2D eigenvalue weighted by atomic mass is 19.4. The van der Waals surface area contributed by atoms with Gasteiger partial charge in [-0.25, -0.2) is 9.97 Å². The molecule has 3 aliphatic rings. The van der Waals surface area contributed by atoms with Gasteiger partial charge in [0, 0.05) is 44.5 Å². The number of amides is 1. The van der Waals surface area contributed by atoms with E-state index < -0.39 is 11.9 Å². The summed E-state index contributed by atoms with van der Waals surface area (Å²) in [5, 5.41) is 0. The lowest BCUT2D eigenvalue weighted by atomic mass is 10.2. The van der Waals surface area contributed by atoms with Crippen LogP contribution in [-0.4, -0.2) is 82.7 Å². The van der Waals surface area contributed by atoms with Gasteiger partial charge in [0.2, 0.25) is 11.9 Å². The van der Waals surface area contributed by atoms with Gasteiger partial charge in [-0.1, -0.05) is 0 Å². The first kappa shape index (κ1) is 21.3. The quantitative estimate of drug-likeness (QED) is 0.718. The smallest absolute Gasteiger partial charge is 0.372 e. The van der Waals surface area contributed by atoms with E-state index >= 15 is 0 Å². The summed E-state index contributed by atoms with van der Waals surface area (Å²) >= 11 is 0. The second kappa shape index (κ2) is 8.30. The zero-order chi connectivity index (χ0) is 21.5. The SMILES string of the molecule is CC1CN(C(=O)CN2CCC(N(c3nccc(C(F)(F)F)n3)C3CC3)C2)CC(C)O1. The normalized spacial score (nSPS) is 28.0. The van der Waals surface area contributed by atoms with Crippen LogP contribution < -0.4 is 4.90 Å². The summed E-state index contributed by atoms with van der Waals surface area (Å²) in [6.45, 7) is 6.78. The molecular formula is C20H28F3N5O2. The van der Waals surface area contributed by atoms with Gasteiger partial charge in [-0.05, 0) is 39.2 Å². The molecule has 30 heavy (non-hydrogen) atoms. The van der Waals surface area contributed by atoms with Crippen molar-refractivity contribution in [2.45, 2.75) is 63.6 Å². The van der Waals surface area contributed by atoms with Crippen LogP contribution in [0.25, 0.3) is 0 Å². The average Bonchev–Trinajstić information content (AvgIpc) is 3.39. The van der Waals surface area contributed by atoms with Crippen molar-refractivity contribution in [3.63, 3.8) is 0 Å². The van der Waals surface area contributed by atoms with E-state index in [2.05, 4.69) is 14.9 Å². The van der Waals surface area contributed by atoms with Crippen molar-refractivity contribution in [1.82, 2.24) is 19.8 Å². The van der Waals surface area contributed by atoms with Gasteiger partial charge >= 0.3 is 6.18 Å². The molecule has 3 heterocycles. The van der Waals surface area contributed by atoms with E-state index in [9.17, 15) is 18.0 Å². The summed E-state index contributed by atoms with van der Waals surface area (Å²) in [7, 11) is 0. The molecule has 4 rings (SSSR count). The van der Waals surface area contributed by atoms with Gasteiger partial charge < -0.3 is 14.5 Å². The van der Waals surface area contributed by atoms with Gasteiger partial charge in [0.1, 0.15) is 5.69 Å². The maximum atomic E-state index is 13.1. The van der Waals surface area contributed by atoms with Crippen molar-refractivity contribution in [3.05, 3.63) is 18.0 Å². The Labute approximate surface area is 174 Å². The molecule has 2 aliphatic heterocycles. The molecule has 1 saturated carbocycles. The average molecular weight is 427 g/mol. The van der Waals surface area contributed by atoms with E-state index in [1.165, 1.54) is 6.20 Å². The number of ether oxygens (including phenoxy) is 1. The zero-order valence-corrected chi connectivity index (χ0v) is 17.3. The van der Waals surface area contributed by atoms with Crippen molar-refractivity contribution in [2.75, 3.05) is 37.6 Å². The fraction of sp³-hybridized carbons (Fsp3) is 0.750. The second-order valence-electron chi connectivity index (χ2n) is 8.61. The first-order chi connectivity index (χ1) is 14.2. The summed E-state index contributed by atoms with van der Waals surface area (Å²) in [6, 6.07) is 1.09. The summed E-state index contributed by atoms with van der Waals surface area (Å²) in [4.78, 5) is 26.6. The summed E-state index contributed by atoms with van der Waals surface area (Å²) < 4.78 is 45.0. The molecule has 0 N–H and O–H groups in total. The predicted molar refractivity (Wildman–Crippen MR) is 104 cm³/mol. The van der Waals surface area contributed by atoms with Crippen molar-refractivity contribution in [1.29, 1.82) is 0 Å². The van der Waals surface area contributed by atoms with Gasteiger partial charge in [-0.3, -0.25) is 9.69 Å². The molecule has 3 atom stereocenters. The molecule has 0 bridgehead atoms. The molecule has 0 radical (unpaired) electrons. The zero-order valence-electron chi connectivity index (χ0n) is 17.3. The number of alkyl halides is 3. The molecule has 3 unspecified atom stereocenters. The Hall–Kier alpha value is -1.94. The molecule has 10 heteroatoms. The summed E-state index contributed by atoms with van der Waals surface area (Å²) in [6.07, 6.45) is -0.638. The summed E-state index contributed by atoms with van der Waals surface area (Å²) in [5.41, 5.74) is -0.918. The Morgan fingerprint density at radius 2 is 1.87 bits per heavy atom. The molecule has 2 saturated heterocycles. The van der Waals surface area contributed by atoms with Crippen molar-refractivity contribution in [2.24, 2.45) is 0 Å². The van der Waals surface area contributed by atoms with Crippen LogP contribution in [0.3, 0.4) is 0 Å². The lowest BCUT2D eigenvalue weighted by Crippen LogP contribution is -2.51. The first-order valence-corrected chi connectivity index (χ1v) is 10.5. The van der Waals surface area contributed by atoms with E-state index in [0.29, 0.717) is 26.2 Å². The van der Waals surface area contributed by atoms with E-state index in [0.717, 1.165) is 31.9 Å². The molecule has 3 fully saturated rings. The van der Waals surface area contributed by atoms with Crippen LogP contribution in [0.4, 0.5) is 19.1 Å². The van der Waals surface area contributed by atoms with Gasteiger partial charge in [-0.2, -0.15) is 13.2 Å². The Bertz CT molecular complexity index is 763. The molecule has 1 aromatic rings. The van der Waals surface area contributed by atoms with E-state index in [1.54, 1.807) is 0 Å². The molecule has 0 aromatic carbocycles. The highest BCUT2D eigenvalue weighted by molar-refractivity contribution is 5.78. The van der Waals surface area contributed by atoms with Crippen molar-refractivity contribution >= 4 is 11.9 Å². The number of carbonyl (C=O) groups is 1.